The zero-order valence-corrected chi connectivity index (χ0v) is 9.83. The zero-order valence-electron chi connectivity index (χ0n) is 8.24. The van der Waals surface area contributed by atoms with E-state index in [0.717, 1.165) is 22.3 Å². The fourth-order valence-corrected chi connectivity index (χ4v) is 2.05. The van der Waals surface area contributed by atoms with Crippen LogP contribution in [0.2, 0.25) is 0 Å². The van der Waals surface area contributed by atoms with Crippen molar-refractivity contribution < 1.29 is 4.39 Å². The number of hydrogen-bond donors (Lipinski definition) is 0. The number of aryl methyl sites for hydroxylation is 1. The van der Waals surface area contributed by atoms with Crippen molar-refractivity contribution in [3.05, 3.63) is 40.8 Å². The first-order chi connectivity index (χ1) is 7.22. The summed E-state index contributed by atoms with van der Waals surface area (Å²) >= 11 is 3.41. The molecule has 0 N–H and O–H groups in total. The van der Waals surface area contributed by atoms with Gasteiger partial charge in [-0.25, -0.2) is 4.39 Å². The minimum atomic E-state index is -0.233. The van der Waals surface area contributed by atoms with Crippen molar-refractivity contribution in [3.8, 4) is 11.3 Å². The van der Waals surface area contributed by atoms with Crippen molar-refractivity contribution in [1.29, 1.82) is 0 Å². The molecule has 0 unspecified atom stereocenters. The lowest BCUT2D eigenvalue weighted by Gasteiger charge is -2.05. The van der Waals surface area contributed by atoms with Crippen molar-refractivity contribution in [1.82, 2.24) is 9.78 Å². The van der Waals surface area contributed by atoms with E-state index in [0.29, 0.717) is 0 Å². The Labute approximate surface area is 95.9 Å². The molecule has 0 radical (unpaired) electrons. The standard InChI is InChI=1S/C11H10BrFN2/c1-2-15-11(10(12)7-14-15)8-4-3-5-9(13)6-8/h3-7H,2H2,1H3. The molecule has 1 aromatic carbocycles. The van der Waals surface area contributed by atoms with Crippen LogP contribution in [0.5, 0.6) is 0 Å². The number of hydrogen-bond acceptors (Lipinski definition) is 1. The van der Waals surface area contributed by atoms with Crippen molar-refractivity contribution in [3.63, 3.8) is 0 Å². The van der Waals surface area contributed by atoms with Gasteiger partial charge in [0.25, 0.3) is 0 Å². The Balaban J connectivity index is 2.57. The molecule has 0 aliphatic heterocycles. The molecule has 0 saturated carbocycles. The molecule has 15 heavy (non-hydrogen) atoms. The lowest BCUT2D eigenvalue weighted by molar-refractivity contribution is 0.627. The Kier molecular flexibility index (Phi) is 2.86. The van der Waals surface area contributed by atoms with Crippen LogP contribution in [0.15, 0.2) is 34.9 Å². The predicted molar refractivity (Wildman–Crippen MR) is 61.0 cm³/mol. The highest BCUT2D eigenvalue weighted by Gasteiger charge is 2.10. The summed E-state index contributed by atoms with van der Waals surface area (Å²) < 4.78 is 15.8. The number of nitrogens with zero attached hydrogens (tertiary/aromatic N) is 2. The fraction of sp³-hybridized carbons (Fsp3) is 0.182. The molecule has 2 aromatic rings. The normalized spacial score (nSPS) is 10.6. The largest absolute Gasteiger partial charge is 0.264 e. The van der Waals surface area contributed by atoms with E-state index in [1.165, 1.54) is 12.1 Å². The summed E-state index contributed by atoms with van der Waals surface area (Å²) in [4.78, 5) is 0. The van der Waals surface area contributed by atoms with Crippen LogP contribution in [-0.2, 0) is 6.54 Å². The van der Waals surface area contributed by atoms with E-state index in [1.807, 2.05) is 17.7 Å². The molecule has 0 spiro atoms. The summed E-state index contributed by atoms with van der Waals surface area (Å²) in [5, 5.41) is 4.19. The molecule has 0 fully saturated rings. The number of rotatable bonds is 2. The molecular formula is C11H10BrFN2. The average molecular weight is 269 g/mol. The van der Waals surface area contributed by atoms with Crippen LogP contribution in [0.4, 0.5) is 4.39 Å². The molecule has 0 atom stereocenters. The van der Waals surface area contributed by atoms with Crippen LogP contribution in [0.1, 0.15) is 6.92 Å². The quantitative estimate of drug-likeness (QED) is 0.816. The zero-order chi connectivity index (χ0) is 10.8. The van der Waals surface area contributed by atoms with E-state index in [2.05, 4.69) is 21.0 Å². The van der Waals surface area contributed by atoms with E-state index in [4.69, 9.17) is 0 Å². The summed E-state index contributed by atoms with van der Waals surface area (Å²) in [5.74, 6) is -0.233. The second kappa shape index (κ2) is 4.14. The molecule has 1 heterocycles. The Morgan fingerprint density at radius 1 is 1.47 bits per heavy atom. The van der Waals surface area contributed by atoms with Crippen LogP contribution in [-0.4, -0.2) is 9.78 Å². The van der Waals surface area contributed by atoms with Crippen LogP contribution < -0.4 is 0 Å². The van der Waals surface area contributed by atoms with Crippen molar-refractivity contribution in [2.24, 2.45) is 0 Å². The maximum absolute atomic E-state index is 13.1. The summed E-state index contributed by atoms with van der Waals surface area (Å²) in [6, 6.07) is 6.51. The highest BCUT2D eigenvalue weighted by atomic mass is 79.9. The number of benzene rings is 1. The molecule has 0 aliphatic rings. The van der Waals surface area contributed by atoms with Gasteiger partial charge < -0.3 is 0 Å². The summed E-state index contributed by atoms with van der Waals surface area (Å²) in [7, 11) is 0. The second-order valence-electron chi connectivity index (χ2n) is 3.17. The fourth-order valence-electron chi connectivity index (χ4n) is 1.53. The highest BCUT2D eigenvalue weighted by Crippen LogP contribution is 2.28. The Bertz CT molecular complexity index is 479. The van der Waals surface area contributed by atoms with Crippen molar-refractivity contribution >= 4 is 15.9 Å². The summed E-state index contributed by atoms with van der Waals surface area (Å²) in [6.07, 6.45) is 1.73. The average Bonchev–Trinajstić information content (AvgIpc) is 2.59. The van der Waals surface area contributed by atoms with Crippen molar-refractivity contribution in [2.45, 2.75) is 13.5 Å². The van der Waals surface area contributed by atoms with E-state index < -0.39 is 0 Å². The van der Waals surface area contributed by atoms with Gasteiger partial charge in [-0.3, -0.25) is 4.68 Å². The van der Waals surface area contributed by atoms with E-state index in [1.54, 1.807) is 12.3 Å². The van der Waals surface area contributed by atoms with Crippen LogP contribution >= 0.6 is 15.9 Å². The minimum absolute atomic E-state index is 0.233. The second-order valence-corrected chi connectivity index (χ2v) is 4.02. The van der Waals surface area contributed by atoms with Gasteiger partial charge in [-0.15, -0.1) is 0 Å². The predicted octanol–water partition coefficient (Wildman–Crippen LogP) is 3.47. The SMILES string of the molecule is CCn1ncc(Br)c1-c1cccc(F)c1. The monoisotopic (exact) mass is 268 g/mol. The van der Waals surface area contributed by atoms with Gasteiger partial charge in [0.1, 0.15) is 5.82 Å². The molecule has 0 bridgehead atoms. The lowest BCUT2D eigenvalue weighted by Crippen LogP contribution is -1.99. The highest BCUT2D eigenvalue weighted by molar-refractivity contribution is 9.10. The molecule has 2 nitrogen and oxygen atoms in total. The number of halogens is 2. The molecule has 78 valence electrons. The molecule has 0 amide bonds. The molecule has 4 heteroatoms. The third-order valence-electron chi connectivity index (χ3n) is 2.19. The molecule has 2 rings (SSSR count). The molecular weight excluding hydrogens is 259 g/mol. The maximum Gasteiger partial charge on any atom is 0.123 e. The lowest BCUT2D eigenvalue weighted by atomic mass is 10.1. The van der Waals surface area contributed by atoms with Gasteiger partial charge >= 0.3 is 0 Å². The van der Waals surface area contributed by atoms with Crippen LogP contribution in [0.3, 0.4) is 0 Å². The van der Waals surface area contributed by atoms with Gasteiger partial charge in [0.15, 0.2) is 0 Å². The van der Waals surface area contributed by atoms with E-state index in [9.17, 15) is 4.39 Å². The van der Waals surface area contributed by atoms with Gasteiger partial charge in [-0.05, 0) is 35.0 Å². The summed E-state index contributed by atoms with van der Waals surface area (Å²) in [5.41, 5.74) is 1.75. The van der Waals surface area contributed by atoms with E-state index in [-0.39, 0.29) is 5.82 Å². The topological polar surface area (TPSA) is 17.8 Å². The smallest absolute Gasteiger partial charge is 0.123 e. The van der Waals surface area contributed by atoms with Gasteiger partial charge in [0.2, 0.25) is 0 Å². The van der Waals surface area contributed by atoms with Crippen LogP contribution in [0.25, 0.3) is 11.3 Å². The van der Waals surface area contributed by atoms with Gasteiger partial charge in [-0.1, -0.05) is 12.1 Å². The maximum atomic E-state index is 13.1. The van der Waals surface area contributed by atoms with Gasteiger partial charge in [0, 0.05) is 12.1 Å². The van der Waals surface area contributed by atoms with Crippen LogP contribution in [0, 0.1) is 5.82 Å². The first-order valence-corrected chi connectivity index (χ1v) is 5.49. The molecule has 1 aromatic heterocycles. The molecule has 0 saturated heterocycles. The van der Waals surface area contributed by atoms with Gasteiger partial charge in [0.05, 0.1) is 16.4 Å². The van der Waals surface area contributed by atoms with E-state index >= 15 is 0 Å². The molecule has 0 aliphatic carbocycles. The summed E-state index contributed by atoms with van der Waals surface area (Å²) in [6.45, 7) is 2.76. The third-order valence-corrected chi connectivity index (χ3v) is 2.77. The Morgan fingerprint density at radius 3 is 2.93 bits per heavy atom. The first kappa shape index (κ1) is 10.4. The number of aromatic nitrogens is 2. The van der Waals surface area contributed by atoms with Crippen molar-refractivity contribution in [2.75, 3.05) is 0 Å². The van der Waals surface area contributed by atoms with Gasteiger partial charge in [-0.2, -0.15) is 5.10 Å². The third kappa shape index (κ3) is 1.95. The minimum Gasteiger partial charge on any atom is -0.264 e. The Morgan fingerprint density at radius 2 is 2.27 bits per heavy atom. The Hall–Kier alpha value is -1.16. The first-order valence-electron chi connectivity index (χ1n) is 4.69.